The van der Waals surface area contributed by atoms with Gasteiger partial charge in [-0.25, -0.2) is 9.37 Å². The highest BCUT2D eigenvalue weighted by Crippen LogP contribution is 2.63. The quantitative estimate of drug-likeness (QED) is 0.871. The Hall–Kier alpha value is -1.62. The van der Waals surface area contributed by atoms with Crippen LogP contribution in [0.3, 0.4) is 0 Å². The fraction of sp³-hybridized carbons (Fsp3) is 0.529. The normalized spacial score (nSPS) is 31.6. The minimum Gasteiger partial charge on any atom is -0.345 e. The first-order valence-corrected chi connectivity index (χ1v) is 8.50. The van der Waals surface area contributed by atoms with E-state index in [-0.39, 0.29) is 11.4 Å². The molecule has 4 aliphatic rings. The minimum atomic E-state index is -1.01. The molecule has 6 rings (SSSR count). The smallest absolute Gasteiger partial charge is 0.268 e. The molecule has 4 nitrogen and oxygen atoms in total. The number of hydrogen-bond acceptors (Lipinski definition) is 2. The lowest BCUT2D eigenvalue weighted by atomic mass is 9.47. The Balaban J connectivity index is 1.52. The van der Waals surface area contributed by atoms with Crippen LogP contribution in [0.5, 0.6) is 0 Å². The number of pyridine rings is 1. The molecule has 2 bridgehead atoms. The highest BCUT2D eigenvalue weighted by molar-refractivity contribution is 6.34. The number of aromatic nitrogens is 2. The summed E-state index contributed by atoms with van der Waals surface area (Å²) in [6, 6.07) is 3.75. The monoisotopic (exact) mass is 333 g/mol. The van der Waals surface area contributed by atoms with E-state index < -0.39 is 5.67 Å². The molecule has 6 heteroatoms. The summed E-state index contributed by atoms with van der Waals surface area (Å²) in [5.41, 5.74) is 0.112. The maximum Gasteiger partial charge on any atom is 0.268 e. The average Bonchev–Trinajstić information content (AvgIpc) is 3.16. The van der Waals surface area contributed by atoms with Gasteiger partial charge >= 0.3 is 0 Å². The molecule has 2 heterocycles. The van der Waals surface area contributed by atoms with Crippen LogP contribution < -0.4 is 5.32 Å². The molecule has 2 aromatic heterocycles. The van der Waals surface area contributed by atoms with Crippen LogP contribution >= 0.6 is 11.6 Å². The van der Waals surface area contributed by atoms with Crippen molar-refractivity contribution < 1.29 is 9.18 Å². The minimum absolute atomic E-state index is 0.125. The Bertz CT molecular complexity index is 822. The van der Waals surface area contributed by atoms with Crippen LogP contribution in [0.2, 0.25) is 5.15 Å². The molecule has 1 amide bonds. The van der Waals surface area contributed by atoms with Gasteiger partial charge in [0, 0.05) is 42.9 Å². The van der Waals surface area contributed by atoms with Crippen LogP contribution in [0.4, 0.5) is 4.39 Å². The summed E-state index contributed by atoms with van der Waals surface area (Å²) in [7, 11) is 0. The van der Waals surface area contributed by atoms with E-state index in [4.69, 9.17) is 11.6 Å². The number of fused-ring (bicyclic) bond motifs is 1. The first kappa shape index (κ1) is 13.8. The standard InChI is InChI=1S/C17H17ClFN3O/c18-14-13-11(3-4-20-14)5-12(22(13)6-10-1-2-10)15(23)21-17-7-16(19,8-17)9-17/h3-5,10H,1-2,6-9H2,(H,21,23). The number of carbonyl (C=O) groups excluding carboxylic acids is 1. The number of alkyl halides is 1. The molecule has 2 aromatic rings. The highest BCUT2D eigenvalue weighted by atomic mass is 35.5. The van der Waals surface area contributed by atoms with E-state index in [0.717, 1.165) is 17.4 Å². The predicted molar refractivity (Wildman–Crippen MR) is 85.4 cm³/mol. The maximum absolute atomic E-state index is 13.7. The summed E-state index contributed by atoms with van der Waals surface area (Å²) in [6.45, 7) is 0.789. The van der Waals surface area contributed by atoms with Crippen molar-refractivity contribution in [2.75, 3.05) is 0 Å². The third-order valence-electron chi connectivity index (χ3n) is 5.48. The van der Waals surface area contributed by atoms with Crippen LogP contribution in [0.1, 0.15) is 42.6 Å². The van der Waals surface area contributed by atoms with Crippen LogP contribution in [-0.4, -0.2) is 26.7 Å². The molecular formula is C17H17ClFN3O. The molecular weight excluding hydrogens is 317 g/mol. The zero-order chi connectivity index (χ0) is 15.8. The van der Waals surface area contributed by atoms with Gasteiger partial charge in [-0.3, -0.25) is 4.79 Å². The molecule has 4 saturated carbocycles. The van der Waals surface area contributed by atoms with Gasteiger partial charge in [-0.05, 0) is 30.9 Å². The lowest BCUT2D eigenvalue weighted by Gasteiger charge is -2.65. The van der Waals surface area contributed by atoms with Gasteiger partial charge in [0.2, 0.25) is 0 Å². The molecule has 120 valence electrons. The van der Waals surface area contributed by atoms with Crippen LogP contribution in [0.25, 0.3) is 10.9 Å². The Morgan fingerprint density at radius 3 is 2.83 bits per heavy atom. The molecule has 4 aliphatic carbocycles. The third kappa shape index (κ3) is 2.02. The molecule has 0 spiro atoms. The first-order valence-electron chi connectivity index (χ1n) is 8.12. The van der Waals surface area contributed by atoms with Crippen molar-refractivity contribution >= 4 is 28.4 Å². The van der Waals surface area contributed by atoms with E-state index >= 15 is 0 Å². The van der Waals surface area contributed by atoms with Gasteiger partial charge in [0.15, 0.2) is 5.15 Å². The van der Waals surface area contributed by atoms with Gasteiger partial charge in [0.25, 0.3) is 5.91 Å². The molecule has 4 fully saturated rings. The van der Waals surface area contributed by atoms with Crippen molar-refractivity contribution in [1.29, 1.82) is 0 Å². The zero-order valence-electron chi connectivity index (χ0n) is 12.6. The number of nitrogens with one attached hydrogen (secondary N) is 1. The second-order valence-corrected chi connectivity index (χ2v) is 7.90. The molecule has 0 saturated heterocycles. The van der Waals surface area contributed by atoms with E-state index in [1.165, 1.54) is 12.8 Å². The SMILES string of the molecule is O=C(NC12CC(F)(C1)C2)c1cc2ccnc(Cl)c2n1CC1CC1. The molecule has 1 N–H and O–H groups in total. The molecule has 0 aliphatic heterocycles. The van der Waals surface area contributed by atoms with E-state index in [9.17, 15) is 9.18 Å². The van der Waals surface area contributed by atoms with Gasteiger partial charge < -0.3 is 9.88 Å². The Morgan fingerprint density at radius 2 is 2.17 bits per heavy atom. The second kappa shape index (κ2) is 4.26. The van der Waals surface area contributed by atoms with Crippen molar-refractivity contribution in [3.8, 4) is 0 Å². The molecule has 0 unspecified atom stereocenters. The van der Waals surface area contributed by atoms with Crippen LogP contribution in [-0.2, 0) is 6.54 Å². The topological polar surface area (TPSA) is 46.9 Å². The van der Waals surface area contributed by atoms with Gasteiger partial charge in [0.1, 0.15) is 11.4 Å². The largest absolute Gasteiger partial charge is 0.345 e. The van der Waals surface area contributed by atoms with Gasteiger partial charge in [-0.2, -0.15) is 0 Å². The molecule has 23 heavy (non-hydrogen) atoms. The Kier molecular flexibility index (Phi) is 2.55. The van der Waals surface area contributed by atoms with Crippen molar-refractivity contribution in [2.24, 2.45) is 5.92 Å². The van der Waals surface area contributed by atoms with Gasteiger partial charge in [0.05, 0.1) is 5.52 Å². The van der Waals surface area contributed by atoms with Gasteiger partial charge in [-0.1, -0.05) is 11.6 Å². The number of rotatable bonds is 4. The summed E-state index contributed by atoms with van der Waals surface area (Å²) >= 11 is 6.27. The number of hydrogen-bond donors (Lipinski definition) is 1. The summed E-state index contributed by atoms with van der Waals surface area (Å²) in [6.07, 6.45) is 5.40. The Labute approximate surface area is 138 Å². The molecule has 0 atom stereocenters. The summed E-state index contributed by atoms with van der Waals surface area (Å²) in [5, 5.41) is 4.40. The van der Waals surface area contributed by atoms with E-state index in [1.54, 1.807) is 6.20 Å². The lowest BCUT2D eigenvalue weighted by molar-refractivity contribution is -0.162. The van der Waals surface area contributed by atoms with Crippen LogP contribution in [0.15, 0.2) is 18.3 Å². The zero-order valence-corrected chi connectivity index (χ0v) is 13.4. The second-order valence-electron chi connectivity index (χ2n) is 7.54. The van der Waals surface area contributed by atoms with Gasteiger partial charge in [-0.15, -0.1) is 0 Å². The maximum atomic E-state index is 13.7. The van der Waals surface area contributed by atoms with E-state index in [0.29, 0.717) is 36.0 Å². The fourth-order valence-corrected chi connectivity index (χ4v) is 4.48. The lowest BCUT2D eigenvalue weighted by Crippen LogP contribution is -2.76. The summed E-state index contributed by atoms with van der Waals surface area (Å²) in [5.74, 6) is 0.483. The van der Waals surface area contributed by atoms with E-state index in [1.807, 2.05) is 16.7 Å². The number of carbonyl (C=O) groups is 1. The van der Waals surface area contributed by atoms with Crippen molar-refractivity contribution in [3.63, 3.8) is 0 Å². The van der Waals surface area contributed by atoms with Crippen molar-refractivity contribution in [3.05, 3.63) is 29.2 Å². The van der Waals surface area contributed by atoms with Crippen LogP contribution in [0, 0.1) is 5.92 Å². The average molecular weight is 334 g/mol. The molecule has 0 radical (unpaired) electrons. The highest BCUT2D eigenvalue weighted by Gasteiger charge is 2.70. The first-order chi connectivity index (χ1) is 11.0. The summed E-state index contributed by atoms with van der Waals surface area (Å²) in [4.78, 5) is 16.9. The third-order valence-corrected chi connectivity index (χ3v) is 5.75. The summed E-state index contributed by atoms with van der Waals surface area (Å²) < 4.78 is 15.7. The fourth-order valence-electron chi connectivity index (χ4n) is 4.21. The molecule has 0 aromatic carbocycles. The number of amides is 1. The number of nitrogens with zero attached hydrogens (tertiary/aromatic N) is 2. The van der Waals surface area contributed by atoms with Crippen molar-refractivity contribution in [1.82, 2.24) is 14.9 Å². The number of halogens is 2. The van der Waals surface area contributed by atoms with Crippen molar-refractivity contribution in [2.45, 2.75) is 49.9 Å². The van der Waals surface area contributed by atoms with E-state index in [2.05, 4.69) is 10.3 Å². The Morgan fingerprint density at radius 1 is 1.43 bits per heavy atom. The predicted octanol–water partition coefficient (Wildman–Crippen LogP) is 3.47.